The first-order valence-corrected chi connectivity index (χ1v) is 10.4. The Bertz CT molecular complexity index is 1090. The van der Waals surface area contributed by atoms with Crippen LogP contribution in [0.15, 0.2) is 97.1 Å². The van der Waals surface area contributed by atoms with Crippen LogP contribution in [0.5, 0.6) is 0 Å². The average molecular weight is 390 g/mol. The van der Waals surface area contributed by atoms with Gasteiger partial charge in [-0.15, -0.1) is 0 Å². The van der Waals surface area contributed by atoms with E-state index in [1.807, 2.05) is 0 Å². The fourth-order valence-electron chi connectivity index (χ4n) is 3.51. The highest BCUT2D eigenvalue weighted by atomic mass is 15.1. The van der Waals surface area contributed by atoms with Gasteiger partial charge < -0.3 is 4.90 Å². The molecular weight excluding hydrogens is 362 g/mol. The Hall–Kier alpha value is -3.58. The van der Waals surface area contributed by atoms with E-state index in [-0.39, 0.29) is 0 Å². The monoisotopic (exact) mass is 389 g/mol. The van der Waals surface area contributed by atoms with Crippen LogP contribution in [-0.2, 0) is 0 Å². The van der Waals surface area contributed by atoms with Gasteiger partial charge in [-0.3, -0.25) is 0 Å². The van der Waals surface area contributed by atoms with Crippen molar-refractivity contribution < 1.29 is 0 Å². The third kappa shape index (κ3) is 4.52. The quantitative estimate of drug-likeness (QED) is 0.311. The second-order valence-electron chi connectivity index (χ2n) is 7.81. The summed E-state index contributed by atoms with van der Waals surface area (Å²) in [6, 6.07) is 34.6. The molecule has 0 amide bonds. The Kier molecular flexibility index (Phi) is 5.81. The molecule has 0 aliphatic carbocycles. The lowest BCUT2D eigenvalue weighted by Gasteiger charge is -2.27. The van der Waals surface area contributed by atoms with E-state index < -0.39 is 0 Å². The first-order chi connectivity index (χ1) is 14.6. The van der Waals surface area contributed by atoms with Crippen molar-refractivity contribution in [3.8, 4) is 0 Å². The van der Waals surface area contributed by atoms with Crippen molar-refractivity contribution in [2.24, 2.45) is 0 Å². The normalized spacial score (nSPS) is 11.0. The van der Waals surface area contributed by atoms with Crippen LogP contribution >= 0.6 is 0 Å². The Balaban J connectivity index is 1.80. The molecule has 0 N–H and O–H groups in total. The molecule has 30 heavy (non-hydrogen) atoms. The zero-order chi connectivity index (χ0) is 20.9. The number of anilines is 3. The summed E-state index contributed by atoms with van der Waals surface area (Å²) < 4.78 is 0. The maximum Gasteiger partial charge on any atom is 0.0533 e. The van der Waals surface area contributed by atoms with Gasteiger partial charge in [0.05, 0.1) is 5.69 Å². The highest BCUT2D eigenvalue weighted by Gasteiger charge is 2.14. The molecule has 0 saturated heterocycles. The minimum Gasteiger partial charge on any atom is -0.310 e. The molecule has 0 fully saturated rings. The van der Waals surface area contributed by atoms with Gasteiger partial charge in [0.15, 0.2) is 0 Å². The number of aryl methyl sites for hydroxylation is 3. The van der Waals surface area contributed by atoms with Crippen molar-refractivity contribution in [2.45, 2.75) is 20.8 Å². The summed E-state index contributed by atoms with van der Waals surface area (Å²) in [4.78, 5) is 2.33. The smallest absolute Gasteiger partial charge is 0.0533 e. The van der Waals surface area contributed by atoms with Gasteiger partial charge in [-0.2, -0.15) is 0 Å². The van der Waals surface area contributed by atoms with Gasteiger partial charge in [-0.1, -0.05) is 95.6 Å². The molecular formula is C29H27N. The molecule has 1 nitrogen and oxygen atoms in total. The number of benzene rings is 4. The zero-order valence-corrected chi connectivity index (χ0v) is 17.8. The third-order valence-electron chi connectivity index (χ3n) is 5.29. The lowest BCUT2D eigenvalue weighted by atomic mass is 10.1. The molecule has 0 atom stereocenters. The van der Waals surface area contributed by atoms with Crippen LogP contribution in [-0.4, -0.2) is 0 Å². The Morgan fingerprint density at radius 3 is 1.50 bits per heavy atom. The molecule has 0 unspecified atom stereocenters. The van der Waals surface area contributed by atoms with Crippen molar-refractivity contribution >= 4 is 29.2 Å². The minimum absolute atomic E-state index is 1.15. The highest BCUT2D eigenvalue weighted by molar-refractivity contribution is 5.85. The maximum absolute atomic E-state index is 2.33. The molecule has 0 radical (unpaired) electrons. The molecule has 0 saturated carbocycles. The lowest BCUT2D eigenvalue weighted by molar-refractivity contribution is 1.26. The number of rotatable bonds is 5. The van der Waals surface area contributed by atoms with Crippen LogP contribution < -0.4 is 4.90 Å². The Labute approximate surface area is 179 Å². The van der Waals surface area contributed by atoms with Gasteiger partial charge in [-0.05, 0) is 62.2 Å². The summed E-state index contributed by atoms with van der Waals surface area (Å²) in [5, 5.41) is 0. The van der Waals surface area contributed by atoms with E-state index >= 15 is 0 Å². The minimum atomic E-state index is 1.15. The Morgan fingerprint density at radius 1 is 0.500 bits per heavy atom. The molecule has 0 heterocycles. The van der Waals surface area contributed by atoms with Gasteiger partial charge in [0.1, 0.15) is 0 Å². The van der Waals surface area contributed by atoms with Crippen LogP contribution in [0.1, 0.15) is 27.8 Å². The van der Waals surface area contributed by atoms with Gasteiger partial charge in [0.25, 0.3) is 0 Å². The summed E-state index contributed by atoms with van der Waals surface area (Å²) in [6.07, 6.45) is 4.39. The molecule has 1 heteroatoms. The van der Waals surface area contributed by atoms with Crippen molar-refractivity contribution in [1.29, 1.82) is 0 Å². The molecule has 0 aliphatic rings. The molecule has 148 valence electrons. The molecule has 4 rings (SSSR count). The van der Waals surface area contributed by atoms with Crippen LogP contribution in [0.4, 0.5) is 17.1 Å². The second-order valence-corrected chi connectivity index (χ2v) is 7.81. The van der Waals surface area contributed by atoms with E-state index in [4.69, 9.17) is 0 Å². The predicted octanol–water partition coefficient (Wildman–Crippen LogP) is 8.25. The topological polar surface area (TPSA) is 3.24 Å². The lowest BCUT2D eigenvalue weighted by Crippen LogP contribution is -2.11. The molecule has 0 spiro atoms. The van der Waals surface area contributed by atoms with E-state index in [1.54, 1.807) is 0 Å². The van der Waals surface area contributed by atoms with Crippen LogP contribution in [0, 0.1) is 20.8 Å². The summed E-state index contributed by atoms with van der Waals surface area (Å²) in [7, 11) is 0. The second kappa shape index (κ2) is 8.84. The summed E-state index contributed by atoms with van der Waals surface area (Å²) in [5.74, 6) is 0. The largest absolute Gasteiger partial charge is 0.310 e. The molecule has 4 aromatic rings. The van der Waals surface area contributed by atoms with E-state index in [0.29, 0.717) is 0 Å². The van der Waals surface area contributed by atoms with Crippen molar-refractivity contribution in [3.63, 3.8) is 0 Å². The SMILES string of the molecule is Cc1ccc(/C=C/c2ccccc2N(c2ccc(C)cc2)c2ccc(C)cc2)cc1. The Morgan fingerprint density at radius 2 is 0.967 bits per heavy atom. The van der Waals surface area contributed by atoms with E-state index in [0.717, 1.165) is 17.1 Å². The van der Waals surface area contributed by atoms with Crippen molar-refractivity contribution in [1.82, 2.24) is 0 Å². The van der Waals surface area contributed by atoms with Crippen molar-refractivity contribution in [3.05, 3.63) is 125 Å². The van der Waals surface area contributed by atoms with E-state index in [1.165, 1.54) is 27.8 Å². The number of hydrogen-bond donors (Lipinski definition) is 0. The van der Waals surface area contributed by atoms with E-state index in [9.17, 15) is 0 Å². The van der Waals surface area contributed by atoms with Gasteiger partial charge in [-0.25, -0.2) is 0 Å². The van der Waals surface area contributed by atoms with Gasteiger partial charge in [0.2, 0.25) is 0 Å². The standard InChI is InChI=1S/C29H27N/c1-22-8-14-25(15-9-22)16-17-26-6-4-5-7-29(26)30(27-18-10-23(2)11-19-27)28-20-12-24(3)13-21-28/h4-21H,1-3H3/b17-16+. The number of nitrogens with zero attached hydrogens (tertiary/aromatic N) is 1. The number of para-hydroxylation sites is 1. The molecule has 0 bridgehead atoms. The molecule has 4 aromatic carbocycles. The van der Waals surface area contributed by atoms with Crippen molar-refractivity contribution in [2.75, 3.05) is 4.90 Å². The van der Waals surface area contributed by atoms with Crippen LogP contribution in [0.3, 0.4) is 0 Å². The van der Waals surface area contributed by atoms with Gasteiger partial charge in [0, 0.05) is 11.4 Å². The zero-order valence-electron chi connectivity index (χ0n) is 17.8. The predicted molar refractivity (Wildman–Crippen MR) is 131 cm³/mol. The number of hydrogen-bond acceptors (Lipinski definition) is 1. The first-order valence-electron chi connectivity index (χ1n) is 10.4. The highest BCUT2D eigenvalue weighted by Crippen LogP contribution is 2.37. The summed E-state index contributed by atoms with van der Waals surface area (Å²) in [5.41, 5.74) is 9.64. The van der Waals surface area contributed by atoms with E-state index in [2.05, 4.69) is 135 Å². The fourth-order valence-corrected chi connectivity index (χ4v) is 3.51. The van der Waals surface area contributed by atoms with Crippen LogP contribution in [0.2, 0.25) is 0 Å². The maximum atomic E-state index is 2.33. The first kappa shape index (κ1) is 19.7. The van der Waals surface area contributed by atoms with Gasteiger partial charge >= 0.3 is 0 Å². The molecule has 0 aliphatic heterocycles. The third-order valence-corrected chi connectivity index (χ3v) is 5.29. The summed E-state index contributed by atoms with van der Waals surface area (Å²) >= 11 is 0. The average Bonchev–Trinajstić information content (AvgIpc) is 2.77. The summed E-state index contributed by atoms with van der Waals surface area (Å²) in [6.45, 7) is 6.36. The fraction of sp³-hybridized carbons (Fsp3) is 0.103. The molecule has 0 aromatic heterocycles. The van der Waals surface area contributed by atoms with Crippen LogP contribution in [0.25, 0.3) is 12.2 Å².